The van der Waals surface area contributed by atoms with Crippen molar-refractivity contribution in [2.24, 2.45) is 0 Å². The quantitative estimate of drug-likeness (QED) is 0.774. The van der Waals surface area contributed by atoms with Crippen LogP contribution in [0.15, 0.2) is 29.1 Å². The highest BCUT2D eigenvalue weighted by molar-refractivity contribution is 5.28. The third-order valence-electron chi connectivity index (χ3n) is 2.08. The molecule has 2 N–H and O–H groups in total. The standard InChI is InChI=1S/C10H11N3O2/c1-15-8-4-2-7(3-5-8)6-9-11-10(14)13-12-9/h2-5H,6H2,1H3,(H2,11,12,13,14). The fraction of sp³-hybridized carbons (Fsp3) is 0.200. The number of hydrogen-bond acceptors (Lipinski definition) is 3. The summed E-state index contributed by atoms with van der Waals surface area (Å²) >= 11 is 0. The molecule has 0 fully saturated rings. The second-order valence-corrected chi connectivity index (χ2v) is 3.15. The Morgan fingerprint density at radius 3 is 2.60 bits per heavy atom. The zero-order chi connectivity index (χ0) is 10.7. The van der Waals surface area contributed by atoms with E-state index in [0.717, 1.165) is 11.3 Å². The summed E-state index contributed by atoms with van der Waals surface area (Å²) in [7, 11) is 1.63. The maximum Gasteiger partial charge on any atom is 0.340 e. The summed E-state index contributed by atoms with van der Waals surface area (Å²) in [5.41, 5.74) is 0.789. The molecule has 0 amide bonds. The Balaban J connectivity index is 2.14. The van der Waals surface area contributed by atoms with Crippen LogP contribution in [0.2, 0.25) is 0 Å². The van der Waals surface area contributed by atoms with Gasteiger partial charge in [-0.25, -0.2) is 9.89 Å². The van der Waals surface area contributed by atoms with Gasteiger partial charge in [0.05, 0.1) is 7.11 Å². The van der Waals surface area contributed by atoms with Gasteiger partial charge in [-0.1, -0.05) is 12.1 Å². The van der Waals surface area contributed by atoms with Crippen LogP contribution in [-0.4, -0.2) is 22.3 Å². The molecule has 0 aliphatic rings. The summed E-state index contributed by atoms with van der Waals surface area (Å²) < 4.78 is 5.04. The number of ether oxygens (including phenoxy) is 1. The third-order valence-corrected chi connectivity index (χ3v) is 2.08. The van der Waals surface area contributed by atoms with Gasteiger partial charge in [-0.2, -0.15) is 5.10 Å². The molecule has 2 aromatic rings. The average molecular weight is 205 g/mol. The summed E-state index contributed by atoms with van der Waals surface area (Å²) in [6.45, 7) is 0. The van der Waals surface area contributed by atoms with Gasteiger partial charge in [0.15, 0.2) is 0 Å². The van der Waals surface area contributed by atoms with Gasteiger partial charge < -0.3 is 4.74 Å². The number of rotatable bonds is 3. The maximum absolute atomic E-state index is 10.8. The van der Waals surface area contributed by atoms with E-state index in [9.17, 15) is 4.79 Å². The number of methoxy groups -OCH3 is 1. The lowest BCUT2D eigenvalue weighted by Gasteiger charge is -2.00. The fourth-order valence-corrected chi connectivity index (χ4v) is 1.33. The predicted octanol–water partition coefficient (Wildman–Crippen LogP) is 0.697. The zero-order valence-electron chi connectivity index (χ0n) is 8.28. The van der Waals surface area contributed by atoms with E-state index >= 15 is 0 Å². The minimum absolute atomic E-state index is 0.279. The number of aromatic nitrogens is 3. The van der Waals surface area contributed by atoms with Crippen molar-refractivity contribution in [3.05, 3.63) is 46.1 Å². The van der Waals surface area contributed by atoms with Crippen molar-refractivity contribution in [1.29, 1.82) is 0 Å². The number of H-pyrrole nitrogens is 2. The van der Waals surface area contributed by atoms with E-state index in [1.54, 1.807) is 7.11 Å². The highest BCUT2D eigenvalue weighted by Crippen LogP contribution is 2.12. The molecule has 1 heterocycles. The van der Waals surface area contributed by atoms with Gasteiger partial charge in [-0.3, -0.25) is 4.98 Å². The Labute approximate surface area is 86.1 Å². The smallest absolute Gasteiger partial charge is 0.340 e. The summed E-state index contributed by atoms with van der Waals surface area (Å²) in [6, 6.07) is 7.62. The molecular formula is C10H11N3O2. The Hall–Kier alpha value is -2.04. The molecule has 0 spiro atoms. The second-order valence-electron chi connectivity index (χ2n) is 3.15. The van der Waals surface area contributed by atoms with Gasteiger partial charge >= 0.3 is 5.69 Å². The largest absolute Gasteiger partial charge is 0.497 e. The van der Waals surface area contributed by atoms with Crippen molar-refractivity contribution >= 4 is 0 Å². The topological polar surface area (TPSA) is 70.8 Å². The predicted molar refractivity (Wildman–Crippen MR) is 55.0 cm³/mol. The summed E-state index contributed by atoms with van der Waals surface area (Å²) in [6.07, 6.45) is 0.600. The van der Waals surface area contributed by atoms with Crippen LogP contribution in [0.5, 0.6) is 5.75 Å². The molecule has 0 radical (unpaired) electrons. The maximum atomic E-state index is 10.8. The lowest BCUT2D eigenvalue weighted by molar-refractivity contribution is 0.414. The van der Waals surface area contributed by atoms with Gasteiger partial charge in [-0.15, -0.1) is 0 Å². The monoisotopic (exact) mass is 205 g/mol. The molecule has 0 atom stereocenters. The first-order valence-electron chi connectivity index (χ1n) is 4.54. The van der Waals surface area contributed by atoms with E-state index in [1.165, 1.54) is 0 Å². The Morgan fingerprint density at radius 1 is 1.33 bits per heavy atom. The molecule has 2 rings (SSSR count). The van der Waals surface area contributed by atoms with Crippen LogP contribution in [0.25, 0.3) is 0 Å². The van der Waals surface area contributed by atoms with Crippen LogP contribution in [0.4, 0.5) is 0 Å². The van der Waals surface area contributed by atoms with Gasteiger partial charge in [0, 0.05) is 6.42 Å². The molecule has 0 bridgehead atoms. The first-order chi connectivity index (χ1) is 7.28. The Kier molecular flexibility index (Phi) is 2.53. The Bertz CT molecular complexity index is 484. The van der Waals surface area contributed by atoms with Gasteiger partial charge in [0.25, 0.3) is 0 Å². The number of aromatic amines is 2. The lowest BCUT2D eigenvalue weighted by atomic mass is 10.1. The fourth-order valence-electron chi connectivity index (χ4n) is 1.33. The number of nitrogens with one attached hydrogen (secondary N) is 2. The molecule has 1 aromatic carbocycles. The molecule has 78 valence electrons. The van der Waals surface area contributed by atoms with E-state index < -0.39 is 0 Å². The molecule has 0 saturated carbocycles. The van der Waals surface area contributed by atoms with Crippen LogP contribution >= 0.6 is 0 Å². The third kappa shape index (κ3) is 2.25. The Morgan fingerprint density at radius 2 is 2.07 bits per heavy atom. The summed E-state index contributed by atoms with van der Waals surface area (Å²) in [5, 5.41) is 6.15. The van der Waals surface area contributed by atoms with Crippen molar-refractivity contribution in [3.8, 4) is 5.75 Å². The van der Waals surface area contributed by atoms with Crippen LogP contribution < -0.4 is 10.4 Å². The van der Waals surface area contributed by atoms with Crippen molar-refractivity contribution in [3.63, 3.8) is 0 Å². The lowest BCUT2D eigenvalue weighted by Crippen LogP contribution is -2.01. The van der Waals surface area contributed by atoms with Gasteiger partial charge in [-0.05, 0) is 17.7 Å². The number of hydrogen-bond donors (Lipinski definition) is 2. The van der Waals surface area contributed by atoms with Crippen molar-refractivity contribution < 1.29 is 4.74 Å². The van der Waals surface area contributed by atoms with Gasteiger partial charge in [0.1, 0.15) is 11.6 Å². The molecular weight excluding hydrogens is 194 g/mol. The van der Waals surface area contributed by atoms with Crippen molar-refractivity contribution in [2.45, 2.75) is 6.42 Å². The molecule has 1 aromatic heterocycles. The van der Waals surface area contributed by atoms with Crippen LogP contribution in [0.1, 0.15) is 11.4 Å². The minimum atomic E-state index is -0.279. The highest BCUT2D eigenvalue weighted by atomic mass is 16.5. The van der Waals surface area contributed by atoms with Crippen molar-refractivity contribution in [2.75, 3.05) is 7.11 Å². The molecule has 5 heteroatoms. The first kappa shape index (κ1) is 9.51. The van der Waals surface area contributed by atoms with Crippen molar-refractivity contribution in [1.82, 2.24) is 15.2 Å². The first-order valence-corrected chi connectivity index (χ1v) is 4.54. The van der Waals surface area contributed by atoms with E-state index in [2.05, 4.69) is 15.2 Å². The average Bonchev–Trinajstić information content (AvgIpc) is 2.65. The molecule has 5 nitrogen and oxygen atoms in total. The van der Waals surface area contributed by atoms with E-state index in [4.69, 9.17) is 4.74 Å². The molecule has 0 aliphatic heterocycles. The van der Waals surface area contributed by atoms with Crippen LogP contribution in [0, 0.1) is 0 Å². The van der Waals surface area contributed by atoms with E-state index in [1.807, 2.05) is 24.3 Å². The van der Waals surface area contributed by atoms with Crippen LogP contribution in [-0.2, 0) is 6.42 Å². The van der Waals surface area contributed by atoms with E-state index in [0.29, 0.717) is 12.2 Å². The molecule has 15 heavy (non-hydrogen) atoms. The molecule has 0 saturated heterocycles. The zero-order valence-corrected chi connectivity index (χ0v) is 8.28. The normalized spacial score (nSPS) is 10.2. The van der Waals surface area contributed by atoms with Gasteiger partial charge in [0.2, 0.25) is 0 Å². The molecule has 0 unspecified atom stereocenters. The minimum Gasteiger partial charge on any atom is -0.497 e. The highest BCUT2D eigenvalue weighted by Gasteiger charge is 2.00. The number of benzene rings is 1. The summed E-state index contributed by atoms with van der Waals surface area (Å²) in [5.74, 6) is 1.44. The molecule has 0 aliphatic carbocycles. The van der Waals surface area contributed by atoms with Crippen LogP contribution in [0.3, 0.4) is 0 Å². The van der Waals surface area contributed by atoms with E-state index in [-0.39, 0.29) is 5.69 Å². The SMILES string of the molecule is COc1ccc(Cc2n[nH]c(=O)[nH]2)cc1. The second kappa shape index (κ2) is 4.00. The summed E-state index contributed by atoms with van der Waals surface area (Å²) in [4.78, 5) is 13.4. The number of nitrogens with zero attached hydrogens (tertiary/aromatic N) is 1.